The normalized spacial score (nSPS) is 12.2. The van der Waals surface area contributed by atoms with Crippen molar-refractivity contribution in [3.8, 4) is 0 Å². The van der Waals surface area contributed by atoms with Crippen LogP contribution in [-0.2, 0) is 0 Å². The summed E-state index contributed by atoms with van der Waals surface area (Å²) in [5.74, 6) is 0.779. The van der Waals surface area contributed by atoms with E-state index in [-0.39, 0.29) is 0 Å². The summed E-state index contributed by atoms with van der Waals surface area (Å²) in [5, 5.41) is 0. The largest absolute Gasteiger partial charge is 0.103 e. The molecule has 10 heavy (non-hydrogen) atoms. The van der Waals surface area contributed by atoms with Gasteiger partial charge in [-0.3, -0.25) is 0 Å². The first-order valence-corrected chi connectivity index (χ1v) is 3.93. The molecule has 0 bridgehead atoms. The lowest BCUT2D eigenvalue weighted by molar-refractivity contribution is 0.641. The fourth-order valence-corrected chi connectivity index (χ4v) is 1.01. The average molecular weight is 138 g/mol. The topological polar surface area (TPSA) is 0 Å². The van der Waals surface area contributed by atoms with Gasteiger partial charge in [-0.2, -0.15) is 0 Å². The summed E-state index contributed by atoms with van der Waals surface area (Å²) in [4.78, 5) is 0. The van der Waals surface area contributed by atoms with Crippen molar-refractivity contribution in [1.29, 1.82) is 0 Å². The van der Waals surface area contributed by atoms with Crippen LogP contribution in [0.1, 0.15) is 33.6 Å². The monoisotopic (exact) mass is 138 g/mol. The molecule has 0 rings (SSSR count). The Hall–Kier alpha value is -0.520. The molecule has 0 aliphatic rings. The summed E-state index contributed by atoms with van der Waals surface area (Å²) in [5.41, 5.74) is 1.48. The highest BCUT2D eigenvalue weighted by Crippen LogP contribution is 2.09. The molecule has 0 unspecified atom stereocenters. The van der Waals surface area contributed by atoms with E-state index in [9.17, 15) is 0 Å². The molecule has 0 amide bonds. The summed E-state index contributed by atoms with van der Waals surface area (Å²) < 4.78 is 0. The van der Waals surface area contributed by atoms with Crippen molar-refractivity contribution in [2.24, 2.45) is 5.92 Å². The van der Waals surface area contributed by atoms with Crippen molar-refractivity contribution in [3.63, 3.8) is 0 Å². The molecule has 0 spiro atoms. The molecule has 0 atom stereocenters. The number of allylic oxidation sites excluding steroid dienone is 3. The van der Waals surface area contributed by atoms with Gasteiger partial charge in [0.05, 0.1) is 0 Å². The molecule has 58 valence electrons. The Labute approximate surface area is 64.6 Å². The predicted molar refractivity (Wildman–Crippen MR) is 48.0 cm³/mol. The summed E-state index contributed by atoms with van der Waals surface area (Å²) in [6, 6.07) is 0. The number of rotatable bonds is 4. The SMILES string of the molecule is C=CC/C=C(/C)CC(C)C. The molecule has 0 fully saturated rings. The van der Waals surface area contributed by atoms with E-state index in [0.29, 0.717) is 0 Å². The van der Waals surface area contributed by atoms with Crippen LogP contribution in [-0.4, -0.2) is 0 Å². The van der Waals surface area contributed by atoms with E-state index in [1.807, 2.05) is 6.08 Å². The second-order valence-corrected chi connectivity index (χ2v) is 3.17. The van der Waals surface area contributed by atoms with Crippen LogP contribution in [0, 0.1) is 5.92 Å². The second-order valence-electron chi connectivity index (χ2n) is 3.17. The van der Waals surface area contributed by atoms with Gasteiger partial charge in [0.25, 0.3) is 0 Å². The van der Waals surface area contributed by atoms with Gasteiger partial charge in [-0.1, -0.05) is 31.6 Å². The minimum atomic E-state index is 0.779. The van der Waals surface area contributed by atoms with Gasteiger partial charge in [0, 0.05) is 0 Å². The van der Waals surface area contributed by atoms with E-state index in [4.69, 9.17) is 0 Å². The molecule has 0 radical (unpaired) electrons. The Bertz CT molecular complexity index is 118. The lowest BCUT2D eigenvalue weighted by Gasteiger charge is -2.03. The first-order chi connectivity index (χ1) is 4.66. The molecule has 0 nitrogen and oxygen atoms in total. The number of hydrogen-bond acceptors (Lipinski definition) is 0. The van der Waals surface area contributed by atoms with Crippen LogP contribution in [0.5, 0.6) is 0 Å². The second kappa shape index (κ2) is 5.28. The van der Waals surface area contributed by atoms with E-state index in [2.05, 4.69) is 33.4 Å². The van der Waals surface area contributed by atoms with Crippen LogP contribution >= 0.6 is 0 Å². The Morgan fingerprint density at radius 2 is 2.10 bits per heavy atom. The Morgan fingerprint density at radius 1 is 1.50 bits per heavy atom. The van der Waals surface area contributed by atoms with Gasteiger partial charge in [0.1, 0.15) is 0 Å². The van der Waals surface area contributed by atoms with Gasteiger partial charge >= 0.3 is 0 Å². The highest BCUT2D eigenvalue weighted by molar-refractivity contribution is 5.01. The third kappa shape index (κ3) is 5.61. The predicted octanol–water partition coefficient (Wildman–Crippen LogP) is 3.55. The van der Waals surface area contributed by atoms with E-state index in [1.165, 1.54) is 12.0 Å². The highest BCUT2D eigenvalue weighted by Gasteiger charge is 1.93. The van der Waals surface area contributed by atoms with E-state index in [1.54, 1.807) is 0 Å². The van der Waals surface area contributed by atoms with Crippen molar-refractivity contribution >= 4 is 0 Å². The van der Waals surface area contributed by atoms with Crippen LogP contribution in [0.25, 0.3) is 0 Å². The van der Waals surface area contributed by atoms with Crippen molar-refractivity contribution in [2.75, 3.05) is 0 Å². The third-order valence-corrected chi connectivity index (χ3v) is 1.36. The van der Waals surface area contributed by atoms with E-state index >= 15 is 0 Å². The maximum absolute atomic E-state index is 3.67. The first kappa shape index (κ1) is 9.48. The zero-order valence-electron chi connectivity index (χ0n) is 7.35. The molecule has 0 saturated carbocycles. The summed E-state index contributed by atoms with van der Waals surface area (Å²) in [7, 11) is 0. The van der Waals surface area contributed by atoms with Crippen molar-refractivity contribution in [1.82, 2.24) is 0 Å². The maximum Gasteiger partial charge on any atom is -0.0169 e. The van der Waals surface area contributed by atoms with E-state index in [0.717, 1.165) is 12.3 Å². The number of hydrogen-bond donors (Lipinski definition) is 0. The zero-order chi connectivity index (χ0) is 7.98. The minimum absolute atomic E-state index is 0.779. The highest BCUT2D eigenvalue weighted by atomic mass is 14.0. The van der Waals surface area contributed by atoms with Gasteiger partial charge in [-0.05, 0) is 25.7 Å². The maximum atomic E-state index is 3.67. The van der Waals surface area contributed by atoms with Crippen LogP contribution in [0.3, 0.4) is 0 Å². The zero-order valence-corrected chi connectivity index (χ0v) is 7.35. The molecule has 0 aromatic carbocycles. The molecule has 0 aliphatic heterocycles. The quantitative estimate of drug-likeness (QED) is 0.521. The van der Waals surface area contributed by atoms with Gasteiger partial charge in [-0.25, -0.2) is 0 Å². The summed E-state index contributed by atoms with van der Waals surface area (Å²) >= 11 is 0. The molecular formula is C10H18. The molecule has 0 saturated heterocycles. The van der Waals surface area contributed by atoms with Crippen molar-refractivity contribution in [3.05, 3.63) is 24.3 Å². The minimum Gasteiger partial charge on any atom is -0.103 e. The average Bonchev–Trinajstić information content (AvgIpc) is 1.82. The van der Waals surface area contributed by atoms with Crippen molar-refractivity contribution in [2.45, 2.75) is 33.6 Å². The fourth-order valence-electron chi connectivity index (χ4n) is 1.01. The molecule has 0 aromatic heterocycles. The van der Waals surface area contributed by atoms with E-state index < -0.39 is 0 Å². The molecule has 0 aliphatic carbocycles. The van der Waals surface area contributed by atoms with Gasteiger partial charge < -0.3 is 0 Å². The smallest absolute Gasteiger partial charge is 0.0169 e. The van der Waals surface area contributed by atoms with Crippen LogP contribution in [0.2, 0.25) is 0 Å². The molecule has 0 N–H and O–H groups in total. The lowest BCUT2D eigenvalue weighted by atomic mass is 10.0. The Morgan fingerprint density at radius 3 is 2.50 bits per heavy atom. The molecule has 0 heterocycles. The summed E-state index contributed by atoms with van der Waals surface area (Å²) in [6.45, 7) is 10.3. The summed E-state index contributed by atoms with van der Waals surface area (Å²) in [6.07, 6.45) is 6.41. The first-order valence-electron chi connectivity index (χ1n) is 3.93. The molecule has 0 aromatic rings. The van der Waals surface area contributed by atoms with Crippen LogP contribution < -0.4 is 0 Å². The van der Waals surface area contributed by atoms with Crippen LogP contribution in [0.15, 0.2) is 24.3 Å². The van der Waals surface area contributed by atoms with Gasteiger partial charge in [0.2, 0.25) is 0 Å². The van der Waals surface area contributed by atoms with Gasteiger partial charge in [-0.15, -0.1) is 6.58 Å². The van der Waals surface area contributed by atoms with Crippen LogP contribution in [0.4, 0.5) is 0 Å². The third-order valence-electron chi connectivity index (χ3n) is 1.36. The molecular weight excluding hydrogens is 120 g/mol. The Balaban J connectivity index is 3.59. The van der Waals surface area contributed by atoms with Gasteiger partial charge in [0.15, 0.2) is 0 Å². The fraction of sp³-hybridized carbons (Fsp3) is 0.600. The Kier molecular flexibility index (Phi) is 5.00. The standard InChI is InChI=1S/C10H18/c1-5-6-7-10(4)8-9(2)3/h5,7,9H,1,6,8H2,2-4H3/b10-7-. The lowest BCUT2D eigenvalue weighted by Crippen LogP contribution is -1.87. The van der Waals surface area contributed by atoms with Crippen molar-refractivity contribution < 1.29 is 0 Å². The molecule has 0 heteroatoms.